The second-order valence-corrected chi connectivity index (χ2v) is 4.72. The number of nitrogens with two attached hydrogens (primary N) is 1. The van der Waals surface area contributed by atoms with E-state index in [4.69, 9.17) is 5.73 Å². The molecule has 0 aliphatic heterocycles. The van der Waals surface area contributed by atoms with Crippen molar-refractivity contribution in [2.24, 2.45) is 11.7 Å². The summed E-state index contributed by atoms with van der Waals surface area (Å²) in [7, 11) is 0. The molecule has 3 atom stereocenters. The first-order chi connectivity index (χ1) is 8.36. The van der Waals surface area contributed by atoms with Gasteiger partial charge in [-0.15, -0.1) is 0 Å². The standard InChI is InChI=1S/C15H16N2/c16-15(12-6-8-17-9-7-12)14-10-13(14)11-4-2-1-3-5-11/h1-9,13-15H,10,16H2. The number of hydrogen-bond acceptors (Lipinski definition) is 2. The second-order valence-electron chi connectivity index (χ2n) is 4.72. The van der Waals surface area contributed by atoms with Crippen LogP contribution in [0.25, 0.3) is 0 Å². The highest BCUT2D eigenvalue weighted by Gasteiger charge is 2.42. The third-order valence-corrected chi connectivity index (χ3v) is 3.62. The molecule has 2 N–H and O–H groups in total. The minimum absolute atomic E-state index is 0.142. The molecule has 1 fully saturated rings. The minimum Gasteiger partial charge on any atom is -0.324 e. The summed E-state index contributed by atoms with van der Waals surface area (Å²) in [6, 6.07) is 14.8. The molecule has 86 valence electrons. The Hall–Kier alpha value is -1.67. The molecule has 17 heavy (non-hydrogen) atoms. The molecule has 1 aliphatic rings. The predicted molar refractivity (Wildman–Crippen MR) is 68.5 cm³/mol. The molecule has 1 aromatic carbocycles. The fourth-order valence-corrected chi connectivity index (χ4v) is 2.53. The summed E-state index contributed by atoms with van der Waals surface area (Å²) in [6.45, 7) is 0. The number of pyridine rings is 1. The molecular weight excluding hydrogens is 208 g/mol. The van der Waals surface area contributed by atoms with Gasteiger partial charge < -0.3 is 5.73 Å². The molecule has 1 aliphatic carbocycles. The van der Waals surface area contributed by atoms with Gasteiger partial charge in [-0.3, -0.25) is 4.98 Å². The van der Waals surface area contributed by atoms with Crippen LogP contribution in [0.1, 0.15) is 29.5 Å². The highest BCUT2D eigenvalue weighted by atomic mass is 14.7. The summed E-state index contributed by atoms with van der Waals surface area (Å²) < 4.78 is 0. The van der Waals surface area contributed by atoms with Gasteiger partial charge in [0.25, 0.3) is 0 Å². The zero-order valence-corrected chi connectivity index (χ0v) is 9.66. The van der Waals surface area contributed by atoms with Crippen molar-refractivity contribution in [3.8, 4) is 0 Å². The van der Waals surface area contributed by atoms with Crippen LogP contribution in [-0.2, 0) is 0 Å². The maximum absolute atomic E-state index is 6.30. The molecule has 0 amide bonds. The van der Waals surface area contributed by atoms with Gasteiger partial charge >= 0.3 is 0 Å². The Morgan fingerprint density at radius 3 is 2.47 bits per heavy atom. The zero-order valence-electron chi connectivity index (χ0n) is 9.66. The van der Waals surface area contributed by atoms with Gasteiger partial charge in [0, 0.05) is 18.4 Å². The van der Waals surface area contributed by atoms with E-state index in [-0.39, 0.29) is 6.04 Å². The van der Waals surface area contributed by atoms with Crippen LogP contribution in [0.5, 0.6) is 0 Å². The van der Waals surface area contributed by atoms with Crippen LogP contribution in [0, 0.1) is 5.92 Å². The largest absolute Gasteiger partial charge is 0.324 e. The average molecular weight is 224 g/mol. The zero-order chi connectivity index (χ0) is 11.7. The summed E-state index contributed by atoms with van der Waals surface area (Å²) in [5.41, 5.74) is 8.92. The average Bonchev–Trinajstić information content (AvgIpc) is 3.20. The van der Waals surface area contributed by atoms with E-state index in [9.17, 15) is 0 Å². The molecule has 0 spiro atoms. The fraction of sp³-hybridized carbons (Fsp3) is 0.267. The molecule has 2 aromatic rings. The predicted octanol–water partition coefficient (Wildman–Crippen LogP) is 2.89. The Labute approximate surface area is 102 Å². The minimum atomic E-state index is 0.142. The Bertz CT molecular complexity index is 481. The maximum atomic E-state index is 6.30. The van der Waals surface area contributed by atoms with Gasteiger partial charge in [0.1, 0.15) is 0 Å². The van der Waals surface area contributed by atoms with Crippen molar-refractivity contribution in [3.05, 3.63) is 66.0 Å². The Morgan fingerprint density at radius 2 is 1.76 bits per heavy atom. The van der Waals surface area contributed by atoms with Gasteiger partial charge in [0.15, 0.2) is 0 Å². The quantitative estimate of drug-likeness (QED) is 0.870. The smallest absolute Gasteiger partial charge is 0.0330 e. The van der Waals surface area contributed by atoms with Crippen LogP contribution < -0.4 is 5.73 Å². The van der Waals surface area contributed by atoms with Crippen molar-refractivity contribution in [3.63, 3.8) is 0 Å². The van der Waals surface area contributed by atoms with Crippen LogP contribution in [-0.4, -0.2) is 4.98 Å². The van der Waals surface area contributed by atoms with Crippen LogP contribution in [0.15, 0.2) is 54.9 Å². The van der Waals surface area contributed by atoms with Gasteiger partial charge in [-0.25, -0.2) is 0 Å². The van der Waals surface area contributed by atoms with E-state index in [0.29, 0.717) is 11.8 Å². The fourth-order valence-electron chi connectivity index (χ4n) is 2.53. The molecule has 0 bridgehead atoms. The van der Waals surface area contributed by atoms with Crippen molar-refractivity contribution in [2.75, 3.05) is 0 Å². The Morgan fingerprint density at radius 1 is 1.06 bits per heavy atom. The maximum Gasteiger partial charge on any atom is 0.0330 e. The highest BCUT2D eigenvalue weighted by molar-refractivity contribution is 5.29. The lowest BCUT2D eigenvalue weighted by Gasteiger charge is -2.11. The summed E-state index contributed by atoms with van der Waals surface area (Å²) in [5, 5.41) is 0. The summed E-state index contributed by atoms with van der Waals surface area (Å²) in [6.07, 6.45) is 4.83. The Kier molecular flexibility index (Phi) is 2.65. The summed E-state index contributed by atoms with van der Waals surface area (Å²) in [5.74, 6) is 1.22. The van der Waals surface area contributed by atoms with Gasteiger partial charge in [0.2, 0.25) is 0 Å². The van der Waals surface area contributed by atoms with Crippen molar-refractivity contribution in [2.45, 2.75) is 18.4 Å². The van der Waals surface area contributed by atoms with Gasteiger partial charge in [0.05, 0.1) is 0 Å². The van der Waals surface area contributed by atoms with Crippen LogP contribution in [0.3, 0.4) is 0 Å². The van der Waals surface area contributed by atoms with E-state index in [1.807, 2.05) is 24.5 Å². The first-order valence-corrected chi connectivity index (χ1v) is 6.06. The topological polar surface area (TPSA) is 38.9 Å². The lowest BCUT2D eigenvalue weighted by Crippen LogP contribution is -2.13. The molecule has 3 unspecified atom stereocenters. The van der Waals surface area contributed by atoms with E-state index < -0.39 is 0 Å². The molecule has 2 nitrogen and oxygen atoms in total. The van der Waals surface area contributed by atoms with Crippen molar-refractivity contribution >= 4 is 0 Å². The molecule has 2 heteroatoms. The van der Waals surface area contributed by atoms with E-state index in [2.05, 4.69) is 35.3 Å². The first-order valence-electron chi connectivity index (χ1n) is 6.06. The van der Waals surface area contributed by atoms with Gasteiger partial charge in [-0.1, -0.05) is 30.3 Å². The van der Waals surface area contributed by atoms with E-state index in [1.54, 1.807) is 0 Å². The molecule has 0 radical (unpaired) electrons. The number of nitrogens with zero attached hydrogens (tertiary/aromatic N) is 1. The molecule has 0 saturated heterocycles. The SMILES string of the molecule is NC(c1ccncc1)C1CC1c1ccccc1. The van der Waals surface area contributed by atoms with Gasteiger partial charge in [-0.2, -0.15) is 0 Å². The molecule has 1 heterocycles. The summed E-state index contributed by atoms with van der Waals surface area (Å²) in [4.78, 5) is 4.03. The first kappa shape index (κ1) is 10.5. The number of rotatable bonds is 3. The molecule has 1 saturated carbocycles. The third-order valence-electron chi connectivity index (χ3n) is 3.62. The van der Waals surface area contributed by atoms with Crippen LogP contribution in [0.2, 0.25) is 0 Å². The van der Waals surface area contributed by atoms with Crippen LogP contribution in [0.4, 0.5) is 0 Å². The molecule has 1 aromatic heterocycles. The van der Waals surface area contributed by atoms with Crippen molar-refractivity contribution in [1.82, 2.24) is 4.98 Å². The monoisotopic (exact) mass is 224 g/mol. The summed E-state index contributed by atoms with van der Waals surface area (Å²) >= 11 is 0. The molecule has 3 rings (SSSR count). The highest BCUT2D eigenvalue weighted by Crippen LogP contribution is 2.52. The van der Waals surface area contributed by atoms with Crippen molar-refractivity contribution < 1.29 is 0 Å². The lowest BCUT2D eigenvalue weighted by atomic mass is 10.0. The Balaban J connectivity index is 1.73. The third kappa shape index (κ3) is 2.08. The normalized spacial score (nSPS) is 24.3. The van der Waals surface area contributed by atoms with E-state index in [1.165, 1.54) is 17.5 Å². The number of hydrogen-bond donors (Lipinski definition) is 1. The van der Waals surface area contributed by atoms with Gasteiger partial charge in [-0.05, 0) is 41.5 Å². The van der Waals surface area contributed by atoms with Crippen LogP contribution >= 0.6 is 0 Å². The number of benzene rings is 1. The van der Waals surface area contributed by atoms with Crippen molar-refractivity contribution in [1.29, 1.82) is 0 Å². The molecular formula is C15H16N2. The lowest BCUT2D eigenvalue weighted by molar-refractivity contribution is 0.615. The van der Waals surface area contributed by atoms with E-state index in [0.717, 1.165) is 0 Å². The number of aromatic nitrogens is 1. The second kappa shape index (κ2) is 4.30. The van der Waals surface area contributed by atoms with E-state index >= 15 is 0 Å².